The Morgan fingerprint density at radius 1 is 0.947 bits per heavy atom. The van der Waals surface area contributed by atoms with Gasteiger partial charge in [0, 0.05) is 21.5 Å². The zero-order chi connectivity index (χ0) is 14.0. The molecule has 1 unspecified atom stereocenters. The minimum atomic E-state index is -0.684. The second kappa shape index (κ2) is 6.15. The summed E-state index contributed by atoms with van der Waals surface area (Å²) in [7, 11) is 0. The van der Waals surface area contributed by atoms with E-state index in [9.17, 15) is 5.11 Å². The molecule has 19 heavy (non-hydrogen) atoms. The van der Waals surface area contributed by atoms with E-state index in [0.29, 0.717) is 21.5 Å². The van der Waals surface area contributed by atoms with Gasteiger partial charge in [-0.05, 0) is 41.8 Å². The molecule has 1 nitrogen and oxygen atoms in total. The number of rotatable bonds is 3. The van der Waals surface area contributed by atoms with Crippen molar-refractivity contribution in [3.05, 3.63) is 68.2 Å². The smallest absolute Gasteiger partial charge is 0.0834 e. The molecule has 0 spiro atoms. The quantitative estimate of drug-likeness (QED) is 0.822. The average Bonchev–Trinajstić information content (AvgIpc) is 2.37. The van der Waals surface area contributed by atoms with Gasteiger partial charge >= 0.3 is 0 Å². The SMILES string of the molecule is Cc1c(Cl)cccc1C(O)Cc1c(Cl)cccc1Cl. The zero-order valence-corrected chi connectivity index (χ0v) is 12.6. The lowest BCUT2D eigenvalue weighted by molar-refractivity contribution is 0.178. The van der Waals surface area contributed by atoms with Crippen molar-refractivity contribution < 1.29 is 5.11 Å². The molecule has 100 valence electrons. The lowest BCUT2D eigenvalue weighted by atomic mass is 9.97. The number of hydrogen-bond acceptors (Lipinski definition) is 1. The van der Waals surface area contributed by atoms with Crippen molar-refractivity contribution in [3.63, 3.8) is 0 Å². The van der Waals surface area contributed by atoms with E-state index in [-0.39, 0.29) is 0 Å². The van der Waals surface area contributed by atoms with Crippen LogP contribution in [0.5, 0.6) is 0 Å². The van der Waals surface area contributed by atoms with E-state index in [1.54, 1.807) is 24.3 Å². The van der Waals surface area contributed by atoms with Crippen LogP contribution in [-0.2, 0) is 6.42 Å². The average molecular weight is 316 g/mol. The van der Waals surface area contributed by atoms with Gasteiger partial charge in [0.2, 0.25) is 0 Å². The summed E-state index contributed by atoms with van der Waals surface area (Å²) >= 11 is 18.3. The second-order valence-corrected chi connectivity index (χ2v) is 5.60. The first-order valence-corrected chi connectivity index (χ1v) is 7.00. The van der Waals surface area contributed by atoms with E-state index in [4.69, 9.17) is 34.8 Å². The third-order valence-electron chi connectivity index (χ3n) is 3.13. The maximum absolute atomic E-state index is 10.4. The first-order chi connectivity index (χ1) is 9.00. The van der Waals surface area contributed by atoms with Gasteiger partial charge in [-0.15, -0.1) is 0 Å². The highest BCUT2D eigenvalue weighted by Gasteiger charge is 2.16. The Balaban J connectivity index is 2.31. The summed E-state index contributed by atoms with van der Waals surface area (Å²) < 4.78 is 0. The largest absolute Gasteiger partial charge is 0.388 e. The van der Waals surface area contributed by atoms with Gasteiger partial charge < -0.3 is 5.11 Å². The molecule has 4 heteroatoms. The third-order valence-corrected chi connectivity index (χ3v) is 4.25. The highest BCUT2D eigenvalue weighted by atomic mass is 35.5. The van der Waals surface area contributed by atoms with Gasteiger partial charge in [-0.2, -0.15) is 0 Å². The van der Waals surface area contributed by atoms with Gasteiger partial charge in [-0.1, -0.05) is 53.0 Å². The minimum Gasteiger partial charge on any atom is -0.388 e. The molecule has 0 fully saturated rings. The number of aliphatic hydroxyl groups is 1. The number of hydrogen-bond donors (Lipinski definition) is 1. The molecular formula is C15H13Cl3O. The van der Waals surface area contributed by atoms with Gasteiger partial charge in [0.05, 0.1) is 6.10 Å². The lowest BCUT2D eigenvalue weighted by Crippen LogP contribution is -2.05. The summed E-state index contributed by atoms with van der Waals surface area (Å²) in [6, 6.07) is 10.8. The Labute approximate surface area is 127 Å². The van der Waals surface area contributed by atoms with Crippen molar-refractivity contribution in [2.24, 2.45) is 0 Å². The van der Waals surface area contributed by atoms with E-state index in [0.717, 1.165) is 16.7 Å². The Morgan fingerprint density at radius 2 is 1.47 bits per heavy atom. The fraction of sp³-hybridized carbons (Fsp3) is 0.200. The van der Waals surface area contributed by atoms with Crippen LogP contribution in [0.1, 0.15) is 22.8 Å². The predicted molar refractivity (Wildman–Crippen MR) is 81.3 cm³/mol. The molecule has 0 saturated carbocycles. The first-order valence-electron chi connectivity index (χ1n) is 5.86. The number of benzene rings is 2. The fourth-order valence-corrected chi connectivity index (χ4v) is 2.75. The van der Waals surface area contributed by atoms with Gasteiger partial charge in [-0.3, -0.25) is 0 Å². The molecular weight excluding hydrogens is 303 g/mol. The highest BCUT2D eigenvalue weighted by molar-refractivity contribution is 6.36. The number of aliphatic hydroxyl groups excluding tert-OH is 1. The van der Waals surface area contributed by atoms with Crippen LogP contribution in [0.2, 0.25) is 15.1 Å². The summed E-state index contributed by atoms with van der Waals surface area (Å²) in [6.45, 7) is 1.88. The second-order valence-electron chi connectivity index (χ2n) is 4.37. The molecule has 2 aromatic rings. The van der Waals surface area contributed by atoms with E-state index in [1.165, 1.54) is 0 Å². The predicted octanol–water partition coefficient (Wildman–Crippen LogP) is 5.23. The maximum Gasteiger partial charge on any atom is 0.0834 e. The molecule has 1 N–H and O–H groups in total. The molecule has 0 aliphatic heterocycles. The van der Waals surface area contributed by atoms with Crippen molar-refractivity contribution >= 4 is 34.8 Å². The summed E-state index contributed by atoms with van der Waals surface area (Å²) in [5.74, 6) is 0. The summed E-state index contributed by atoms with van der Waals surface area (Å²) in [4.78, 5) is 0. The van der Waals surface area contributed by atoms with Crippen molar-refractivity contribution in [2.45, 2.75) is 19.4 Å². The van der Waals surface area contributed by atoms with Crippen LogP contribution in [0, 0.1) is 6.92 Å². The van der Waals surface area contributed by atoms with Crippen LogP contribution in [0.3, 0.4) is 0 Å². The molecule has 0 heterocycles. The fourth-order valence-electron chi connectivity index (χ4n) is 2.02. The van der Waals surface area contributed by atoms with Crippen LogP contribution < -0.4 is 0 Å². The molecule has 0 saturated heterocycles. The van der Waals surface area contributed by atoms with E-state index >= 15 is 0 Å². The van der Waals surface area contributed by atoms with Gasteiger partial charge in [0.15, 0.2) is 0 Å². The first kappa shape index (κ1) is 14.7. The Bertz CT molecular complexity index is 576. The van der Waals surface area contributed by atoms with Crippen molar-refractivity contribution in [3.8, 4) is 0 Å². The zero-order valence-electron chi connectivity index (χ0n) is 10.3. The van der Waals surface area contributed by atoms with Gasteiger partial charge in [-0.25, -0.2) is 0 Å². The lowest BCUT2D eigenvalue weighted by Gasteiger charge is -2.16. The number of halogens is 3. The normalized spacial score (nSPS) is 12.5. The molecule has 0 bridgehead atoms. The van der Waals surface area contributed by atoms with Crippen LogP contribution in [-0.4, -0.2) is 5.11 Å². The maximum atomic E-state index is 10.4. The molecule has 0 aliphatic rings. The monoisotopic (exact) mass is 314 g/mol. The summed E-state index contributed by atoms with van der Waals surface area (Å²) in [5, 5.41) is 12.1. The van der Waals surface area contributed by atoms with Crippen LogP contribution in [0.15, 0.2) is 36.4 Å². The molecule has 0 aromatic heterocycles. The molecule has 2 aromatic carbocycles. The molecule has 2 rings (SSSR count). The van der Waals surface area contributed by atoms with Crippen LogP contribution in [0.4, 0.5) is 0 Å². The Morgan fingerprint density at radius 3 is 2.11 bits per heavy atom. The Hall–Kier alpha value is -0.730. The third kappa shape index (κ3) is 3.24. The van der Waals surface area contributed by atoms with Crippen LogP contribution in [0.25, 0.3) is 0 Å². The van der Waals surface area contributed by atoms with E-state index in [2.05, 4.69) is 0 Å². The molecule has 0 amide bonds. The molecule has 0 aliphatic carbocycles. The minimum absolute atomic E-state index is 0.361. The van der Waals surface area contributed by atoms with Gasteiger partial charge in [0.25, 0.3) is 0 Å². The highest BCUT2D eigenvalue weighted by Crippen LogP contribution is 2.31. The molecule has 1 atom stereocenters. The van der Waals surface area contributed by atoms with Crippen molar-refractivity contribution in [1.29, 1.82) is 0 Å². The molecule has 0 radical (unpaired) electrons. The summed E-state index contributed by atoms with van der Waals surface area (Å²) in [5.41, 5.74) is 2.42. The summed E-state index contributed by atoms with van der Waals surface area (Å²) in [6.07, 6.45) is -0.323. The standard InChI is InChI=1S/C15H13Cl3O/c1-9-10(4-2-5-12(9)16)15(19)8-11-13(17)6-3-7-14(11)18/h2-7,15,19H,8H2,1H3. The van der Waals surface area contributed by atoms with Gasteiger partial charge in [0.1, 0.15) is 0 Å². The van der Waals surface area contributed by atoms with Crippen molar-refractivity contribution in [1.82, 2.24) is 0 Å². The van der Waals surface area contributed by atoms with E-state index < -0.39 is 6.10 Å². The van der Waals surface area contributed by atoms with Crippen molar-refractivity contribution in [2.75, 3.05) is 0 Å². The van der Waals surface area contributed by atoms with E-state index in [1.807, 2.05) is 19.1 Å². The Kier molecular flexibility index (Phi) is 4.75. The van der Waals surface area contributed by atoms with Crippen LogP contribution >= 0.6 is 34.8 Å². The topological polar surface area (TPSA) is 20.2 Å².